The number of nitrogens with zero attached hydrogens (tertiary/aromatic N) is 3. The summed E-state index contributed by atoms with van der Waals surface area (Å²) in [5.41, 5.74) is 5.97. The van der Waals surface area contributed by atoms with Crippen LogP contribution in [0.25, 0.3) is 0 Å². The number of nitrogens with one attached hydrogen (secondary N) is 2. The third-order valence-corrected chi connectivity index (χ3v) is 6.15. The fraction of sp³-hybridized carbons (Fsp3) is 0.591. The van der Waals surface area contributed by atoms with Crippen molar-refractivity contribution in [2.24, 2.45) is 5.10 Å². The molecular formula is C22H37N5S. The van der Waals surface area contributed by atoms with Crippen molar-refractivity contribution in [3.8, 4) is 0 Å². The lowest BCUT2D eigenvalue weighted by atomic mass is 9.94. The molecule has 0 bridgehead atoms. The van der Waals surface area contributed by atoms with Gasteiger partial charge < -0.3 is 20.5 Å². The lowest BCUT2D eigenvalue weighted by Crippen LogP contribution is -2.48. The maximum atomic E-state index is 4.83. The lowest BCUT2D eigenvalue weighted by molar-refractivity contribution is 0.443. The Bertz CT molecular complexity index is 692. The summed E-state index contributed by atoms with van der Waals surface area (Å²) < 4.78 is 0. The van der Waals surface area contributed by atoms with Crippen LogP contribution in [-0.2, 0) is 0 Å². The average Bonchev–Trinajstić information content (AvgIpc) is 2.70. The standard InChI is InChI=1S/C22H37N5S/c1-7-8-9-21(25-23-4)22(2,3)27(6)19-11-10-18(16-20(19)28)26(5)17-12-14-24-15-13-17/h8-11,16-17,23-24,28H,7,12-15H2,1-6H3/b9-8-,25-21-. The highest BCUT2D eigenvalue weighted by Crippen LogP contribution is 2.33. The molecule has 0 atom stereocenters. The summed E-state index contributed by atoms with van der Waals surface area (Å²) in [6.45, 7) is 8.69. The quantitative estimate of drug-likeness (QED) is 0.350. The van der Waals surface area contributed by atoms with Crippen molar-refractivity contribution in [3.05, 3.63) is 30.4 Å². The minimum absolute atomic E-state index is 0.283. The maximum Gasteiger partial charge on any atom is 0.0849 e. The van der Waals surface area contributed by atoms with Crippen molar-refractivity contribution in [2.75, 3.05) is 44.0 Å². The van der Waals surface area contributed by atoms with Crippen LogP contribution >= 0.6 is 12.6 Å². The van der Waals surface area contributed by atoms with Crippen molar-refractivity contribution in [1.29, 1.82) is 0 Å². The van der Waals surface area contributed by atoms with Gasteiger partial charge in [0.15, 0.2) is 0 Å². The van der Waals surface area contributed by atoms with E-state index in [1.54, 1.807) is 0 Å². The Kier molecular flexibility index (Phi) is 8.25. The molecule has 6 heteroatoms. The van der Waals surface area contributed by atoms with Crippen molar-refractivity contribution >= 4 is 29.7 Å². The van der Waals surface area contributed by atoms with E-state index in [1.807, 2.05) is 7.05 Å². The van der Waals surface area contributed by atoms with Crippen LogP contribution in [-0.4, -0.2) is 51.5 Å². The third kappa shape index (κ3) is 5.23. The van der Waals surface area contributed by atoms with Gasteiger partial charge in [-0.1, -0.05) is 13.0 Å². The number of rotatable bonds is 8. The predicted octanol–water partition coefficient (Wildman–Crippen LogP) is 3.92. The van der Waals surface area contributed by atoms with Crippen molar-refractivity contribution in [1.82, 2.24) is 10.7 Å². The Morgan fingerprint density at radius 1 is 1.32 bits per heavy atom. The maximum absolute atomic E-state index is 4.83. The van der Waals surface area contributed by atoms with Crippen LogP contribution in [0.4, 0.5) is 11.4 Å². The minimum Gasteiger partial charge on any atom is -0.371 e. The van der Waals surface area contributed by atoms with Gasteiger partial charge in [-0.05, 0) is 70.5 Å². The molecule has 1 aromatic carbocycles. The Balaban J connectivity index is 2.26. The molecule has 0 radical (unpaired) electrons. The van der Waals surface area contributed by atoms with Crippen LogP contribution in [0.1, 0.15) is 40.0 Å². The largest absolute Gasteiger partial charge is 0.371 e. The van der Waals surface area contributed by atoms with Gasteiger partial charge in [0.1, 0.15) is 0 Å². The summed E-state index contributed by atoms with van der Waals surface area (Å²) >= 11 is 4.83. The number of hydrogen-bond acceptors (Lipinski definition) is 6. The first-order valence-electron chi connectivity index (χ1n) is 10.2. The molecule has 0 aromatic heterocycles. The molecule has 1 aliphatic heterocycles. The second-order valence-corrected chi connectivity index (χ2v) is 8.40. The fourth-order valence-electron chi connectivity index (χ4n) is 3.62. The Hall–Kier alpha value is -1.66. The van der Waals surface area contributed by atoms with E-state index in [-0.39, 0.29) is 5.54 Å². The molecule has 1 aromatic rings. The molecule has 0 unspecified atom stereocenters. The van der Waals surface area contributed by atoms with E-state index in [0.717, 1.165) is 35.8 Å². The monoisotopic (exact) mass is 403 g/mol. The zero-order chi connectivity index (χ0) is 20.7. The number of benzene rings is 1. The first kappa shape index (κ1) is 22.6. The molecule has 0 saturated carbocycles. The van der Waals surface area contributed by atoms with Crippen molar-refractivity contribution in [3.63, 3.8) is 0 Å². The zero-order valence-corrected chi connectivity index (χ0v) is 19.2. The second-order valence-electron chi connectivity index (χ2n) is 7.91. The highest BCUT2D eigenvalue weighted by atomic mass is 32.1. The fourth-order valence-corrected chi connectivity index (χ4v) is 3.98. The van der Waals surface area contributed by atoms with Crippen LogP contribution in [0.15, 0.2) is 40.3 Å². The van der Waals surface area contributed by atoms with Gasteiger partial charge in [0.25, 0.3) is 0 Å². The van der Waals surface area contributed by atoms with E-state index in [0.29, 0.717) is 6.04 Å². The number of piperidine rings is 1. The van der Waals surface area contributed by atoms with Crippen LogP contribution in [0.5, 0.6) is 0 Å². The topological polar surface area (TPSA) is 42.9 Å². The smallest absolute Gasteiger partial charge is 0.0849 e. The van der Waals surface area contributed by atoms with E-state index in [9.17, 15) is 0 Å². The molecule has 1 fully saturated rings. The molecule has 2 rings (SSSR count). The highest BCUT2D eigenvalue weighted by Gasteiger charge is 2.30. The number of thiol groups is 1. The molecule has 2 N–H and O–H groups in total. The van der Waals surface area contributed by atoms with Crippen LogP contribution in [0, 0.1) is 0 Å². The summed E-state index contributed by atoms with van der Waals surface area (Å²) in [5, 5.41) is 7.95. The van der Waals surface area contributed by atoms with Gasteiger partial charge >= 0.3 is 0 Å². The average molecular weight is 404 g/mol. The molecule has 1 aliphatic rings. The molecule has 0 aliphatic carbocycles. The molecule has 1 saturated heterocycles. The van der Waals surface area contributed by atoms with Crippen LogP contribution in [0.2, 0.25) is 0 Å². The van der Waals surface area contributed by atoms with E-state index in [1.165, 1.54) is 18.5 Å². The first-order chi connectivity index (χ1) is 13.3. The van der Waals surface area contributed by atoms with Crippen LogP contribution < -0.4 is 20.5 Å². The molecular weight excluding hydrogens is 366 g/mol. The molecule has 1 heterocycles. The SMILES string of the molecule is CC/C=C\C(=N\NC)C(C)(C)N(C)c1ccc(N(C)C2CCNCC2)cc1S. The molecule has 0 amide bonds. The van der Waals surface area contributed by atoms with Gasteiger partial charge in [-0.25, -0.2) is 0 Å². The number of allylic oxidation sites excluding steroid dienone is 1. The van der Waals surface area contributed by atoms with Gasteiger partial charge in [-0.2, -0.15) is 5.10 Å². The van der Waals surface area contributed by atoms with E-state index >= 15 is 0 Å². The summed E-state index contributed by atoms with van der Waals surface area (Å²) in [6.07, 6.45) is 7.59. The van der Waals surface area contributed by atoms with Crippen molar-refractivity contribution < 1.29 is 0 Å². The van der Waals surface area contributed by atoms with E-state index in [2.05, 4.69) is 90.9 Å². The first-order valence-corrected chi connectivity index (χ1v) is 10.7. The Labute approximate surface area is 176 Å². The number of hydrogen-bond donors (Lipinski definition) is 3. The third-order valence-electron chi connectivity index (χ3n) is 5.79. The number of hydrazone groups is 1. The summed E-state index contributed by atoms with van der Waals surface area (Å²) in [5.74, 6) is 0. The van der Waals surface area contributed by atoms with Gasteiger partial charge in [0.05, 0.1) is 16.9 Å². The van der Waals surface area contributed by atoms with Crippen LogP contribution in [0.3, 0.4) is 0 Å². The normalized spacial score (nSPS) is 16.5. The van der Waals surface area contributed by atoms with Gasteiger partial charge in [0.2, 0.25) is 0 Å². The Morgan fingerprint density at radius 2 is 2.00 bits per heavy atom. The molecule has 28 heavy (non-hydrogen) atoms. The zero-order valence-electron chi connectivity index (χ0n) is 18.3. The molecule has 156 valence electrons. The van der Waals surface area contributed by atoms with Gasteiger partial charge in [-0.3, -0.25) is 0 Å². The number of anilines is 2. The van der Waals surface area contributed by atoms with E-state index < -0.39 is 0 Å². The summed E-state index contributed by atoms with van der Waals surface area (Å²) in [6, 6.07) is 7.16. The molecule has 0 spiro atoms. The summed E-state index contributed by atoms with van der Waals surface area (Å²) in [7, 11) is 6.14. The predicted molar refractivity (Wildman–Crippen MR) is 126 cm³/mol. The van der Waals surface area contributed by atoms with Crippen molar-refractivity contribution in [2.45, 2.75) is 56.5 Å². The van der Waals surface area contributed by atoms with E-state index in [4.69, 9.17) is 12.6 Å². The highest BCUT2D eigenvalue weighted by molar-refractivity contribution is 7.80. The van der Waals surface area contributed by atoms with Gasteiger partial charge in [-0.15, -0.1) is 12.6 Å². The second kappa shape index (κ2) is 10.2. The van der Waals surface area contributed by atoms with Gasteiger partial charge in [0, 0.05) is 37.8 Å². The summed E-state index contributed by atoms with van der Waals surface area (Å²) in [4.78, 5) is 5.63. The minimum atomic E-state index is -0.283. The Morgan fingerprint density at radius 3 is 2.57 bits per heavy atom. The molecule has 5 nitrogen and oxygen atoms in total. The lowest BCUT2D eigenvalue weighted by Gasteiger charge is -2.39.